The van der Waals surface area contributed by atoms with Crippen LogP contribution in [0.1, 0.15) is 19.8 Å². The van der Waals surface area contributed by atoms with E-state index in [9.17, 15) is 22.4 Å². The Morgan fingerprint density at radius 3 is 2.48 bits per heavy atom. The zero-order chi connectivity index (χ0) is 17.0. The van der Waals surface area contributed by atoms with E-state index in [1.807, 2.05) is 0 Å². The Kier molecular flexibility index (Phi) is 5.32. The van der Waals surface area contributed by atoms with Crippen LogP contribution in [0.2, 0.25) is 0 Å². The van der Waals surface area contributed by atoms with Crippen molar-refractivity contribution < 1.29 is 27.1 Å². The maximum absolute atomic E-state index is 12.8. The van der Waals surface area contributed by atoms with Crippen molar-refractivity contribution in [2.75, 3.05) is 6.61 Å². The number of hydrogen-bond acceptors (Lipinski definition) is 5. The fourth-order valence-corrected chi connectivity index (χ4v) is 2.91. The first-order valence-corrected chi connectivity index (χ1v) is 8.50. The highest BCUT2D eigenvalue weighted by molar-refractivity contribution is 7.89. The van der Waals surface area contributed by atoms with Crippen molar-refractivity contribution in [3.8, 4) is 0 Å². The van der Waals surface area contributed by atoms with Crippen LogP contribution in [0.15, 0.2) is 29.2 Å². The quantitative estimate of drug-likeness (QED) is 0.694. The molecule has 1 fully saturated rings. The fraction of sp³-hybridized carbons (Fsp3) is 0.429. The molecule has 126 valence electrons. The van der Waals surface area contributed by atoms with Crippen molar-refractivity contribution >= 4 is 21.9 Å². The van der Waals surface area contributed by atoms with Crippen molar-refractivity contribution in [1.29, 1.82) is 0 Å². The first kappa shape index (κ1) is 17.4. The van der Waals surface area contributed by atoms with E-state index in [0.717, 1.165) is 37.1 Å². The van der Waals surface area contributed by atoms with E-state index in [4.69, 9.17) is 4.74 Å². The smallest absolute Gasteiger partial charge is 0.324 e. The van der Waals surface area contributed by atoms with Gasteiger partial charge in [0, 0.05) is 6.04 Å². The van der Waals surface area contributed by atoms with E-state index < -0.39 is 40.4 Å². The minimum Gasteiger partial charge on any atom is -0.454 e. The average molecular weight is 344 g/mol. The van der Waals surface area contributed by atoms with Crippen molar-refractivity contribution in [2.24, 2.45) is 0 Å². The van der Waals surface area contributed by atoms with Gasteiger partial charge in [0.15, 0.2) is 6.61 Å². The first-order chi connectivity index (χ1) is 10.8. The van der Waals surface area contributed by atoms with E-state index in [0.29, 0.717) is 0 Å². The number of nitrogens with one attached hydrogen (secondary N) is 2. The lowest BCUT2D eigenvalue weighted by Gasteiger charge is -2.13. The lowest BCUT2D eigenvalue weighted by atomic mass is 10.4. The molecule has 7 nitrogen and oxygen atoms in total. The molecule has 0 spiro atoms. The van der Waals surface area contributed by atoms with Crippen LogP contribution in [-0.4, -0.2) is 39.0 Å². The Morgan fingerprint density at radius 1 is 1.30 bits per heavy atom. The second kappa shape index (κ2) is 7.05. The predicted octanol–water partition coefficient (Wildman–Crippen LogP) is 0.314. The monoisotopic (exact) mass is 344 g/mol. The summed E-state index contributed by atoms with van der Waals surface area (Å²) in [5, 5.41) is 2.64. The molecule has 0 aliphatic heterocycles. The van der Waals surface area contributed by atoms with Crippen LogP contribution in [0.3, 0.4) is 0 Å². The van der Waals surface area contributed by atoms with Crippen LogP contribution in [0, 0.1) is 5.82 Å². The number of sulfonamides is 1. The first-order valence-electron chi connectivity index (χ1n) is 7.02. The van der Waals surface area contributed by atoms with Crippen molar-refractivity contribution in [2.45, 2.75) is 36.7 Å². The number of esters is 1. The van der Waals surface area contributed by atoms with Crippen LogP contribution in [0.4, 0.5) is 4.39 Å². The molecule has 0 aromatic heterocycles. The number of carbonyl (C=O) groups is 2. The average Bonchev–Trinajstić information content (AvgIpc) is 3.28. The molecule has 0 bridgehead atoms. The Hall–Kier alpha value is -2.00. The summed E-state index contributed by atoms with van der Waals surface area (Å²) in [6, 6.07) is 3.13. The Morgan fingerprint density at radius 2 is 1.91 bits per heavy atom. The van der Waals surface area contributed by atoms with Gasteiger partial charge in [0.2, 0.25) is 10.0 Å². The number of ether oxygens (including phenoxy) is 1. The van der Waals surface area contributed by atoms with E-state index in [1.165, 1.54) is 6.92 Å². The van der Waals surface area contributed by atoms with Gasteiger partial charge in [-0.2, -0.15) is 4.72 Å². The maximum atomic E-state index is 12.8. The van der Waals surface area contributed by atoms with Gasteiger partial charge in [0.1, 0.15) is 11.9 Å². The minimum absolute atomic E-state index is 0.149. The number of benzene rings is 1. The maximum Gasteiger partial charge on any atom is 0.324 e. The van der Waals surface area contributed by atoms with Gasteiger partial charge in [-0.3, -0.25) is 9.59 Å². The summed E-state index contributed by atoms with van der Waals surface area (Å²) in [6.45, 7) is 0.833. The van der Waals surface area contributed by atoms with Crippen LogP contribution in [0.25, 0.3) is 0 Å². The molecule has 1 aromatic rings. The third kappa shape index (κ3) is 5.29. The molecule has 2 N–H and O–H groups in total. The Labute approximate surface area is 133 Å². The van der Waals surface area contributed by atoms with E-state index >= 15 is 0 Å². The van der Waals surface area contributed by atoms with Crippen LogP contribution in [0.5, 0.6) is 0 Å². The topological polar surface area (TPSA) is 102 Å². The minimum atomic E-state index is -3.99. The van der Waals surface area contributed by atoms with Gasteiger partial charge in [0.25, 0.3) is 5.91 Å². The number of halogens is 1. The van der Waals surface area contributed by atoms with Gasteiger partial charge in [-0.1, -0.05) is 0 Å². The summed E-state index contributed by atoms with van der Waals surface area (Å²) in [4.78, 5) is 22.9. The van der Waals surface area contributed by atoms with Gasteiger partial charge in [-0.15, -0.1) is 0 Å². The summed E-state index contributed by atoms with van der Waals surface area (Å²) in [5.41, 5.74) is 0. The highest BCUT2D eigenvalue weighted by Crippen LogP contribution is 2.18. The summed E-state index contributed by atoms with van der Waals surface area (Å²) >= 11 is 0. The van der Waals surface area contributed by atoms with Crippen LogP contribution >= 0.6 is 0 Å². The molecular weight excluding hydrogens is 327 g/mol. The van der Waals surface area contributed by atoms with E-state index in [2.05, 4.69) is 10.0 Å². The molecule has 0 saturated heterocycles. The molecule has 1 amide bonds. The molecule has 2 rings (SSSR count). The van der Waals surface area contributed by atoms with E-state index in [-0.39, 0.29) is 10.9 Å². The number of carbonyl (C=O) groups excluding carboxylic acids is 2. The van der Waals surface area contributed by atoms with Gasteiger partial charge in [-0.05, 0) is 44.0 Å². The van der Waals surface area contributed by atoms with Gasteiger partial charge in [0.05, 0.1) is 4.90 Å². The zero-order valence-corrected chi connectivity index (χ0v) is 13.2. The van der Waals surface area contributed by atoms with Gasteiger partial charge < -0.3 is 10.1 Å². The molecular formula is C14H17FN2O5S. The zero-order valence-electron chi connectivity index (χ0n) is 12.4. The molecule has 1 saturated carbocycles. The summed E-state index contributed by atoms with van der Waals surface area (Å²) in [5.74, 6) is -1.87. The molecule has 0 radical (unpaired) electrons. The molecule has 9 heteroatoms. The number of rotatable bonds is 7. The van der Waals surface area contributed by atoms with E-state index in [1.54, 1.807) is 0 Å². The lowest BCUT2D eigenvalue weighted by Crippen LogP contribution is -2.41. The van der Waals surface area contributed by atoms with Gasteiger partial charge >= 0.3 is 5.97 Å². The standard InChI is InChI=1S/C14H17FN2O5S/c1-9(14(19)22-8-13(18)16-11-4-5-11)17-23(20,21)12-6-2-10(15)3-7-12/h2-3,6-7,9,11,17H,4-5,8H2,1H3,(H,16,18)/t9-/m0/s1. The largest absolute Gasteiger partial charge is 0.454 e. The molecule has 0 heterocycles. The van der Waals surface area contributed by atoms with Crippen molar-refractivity contribution in [1.82, 2.24) is 10.0 Å². The fourth-order valence-electron chi connectivity index (χ4n) is 1.72. The molecule has 1 aliphatic carbocycles. The normalized spacial score (nSPS) is 15.7. The van der Waals surface area contributed by atoms with Gasteiger partial charge in [-0.25, -0.2) is 12.8 Å². The highest BCUT2D eigenvalue weighted by Gasteiger charge is 2.26. The molecule has 23 heavy (non-hydrogen) atoms. The Bertz CT molecular complexity index is 686. The molecule has 1 aromatic carbocycles. The highest BCUT2D eigenvalue weighted by atomic mass is 32.2. The second-order valence-corrected chi connectivity index (χ2v) is 6.96. The lowest BCUT2D eigenvalue weighted by molar-refractivity contribution is -0.149. The van der Waals surface area contributed by atoms with Crippen LogP contribution < -0.4 is 10.0 Å². The van der Waals surface area contributed by atoms with Crippen molar-refractivity contribution in [3.63, 3.8) is 0 Å². The third-order valence-corrected chi connectivity index (χ3v) is 4.65. The predicted molar refractivity (Wildman–Crippen MR) is 78.3 cm³/mol. The SMILES string of the molecule is C[C@H](NS(=O)(=O)c1ccc(F)cc1)C(=O)OCC(=O)NC1CC1. The molecule has 1 atom stereocenters. The number of hydrogen-bond donors (Lipinski definition) is 2. The summed E-state index contributed by atoms with van der Waals surface area (Å²) in [7, 11) is -3.99. The number of amides is 1. The van der Waals surface area contributed by atoms with Crippen molar-refractivity contribution in [3.05, 3.63) is 30.1 Å². The Balaban J connectivity index is 1.86. The summed E-state index contributed by atoms with van der Waals surface area (Å²) in [6.07, 6.45) is 1.82. The summed E-state index contributed by atoms with van der Waals surface area (Å²) < 4.78 is 43.7. The second-order valence-electron chi connectivity index (χ2n) is 5.25. The molecule has 0 unspecified atom stereocenters. The third-order valence-electron chi connectivity index (χ3n) is 3.10. The molecule has 1 aliphatic rings. The van der Waals surface area contributed by atoms with Crippen LogP contribution in [-0.2, 0) is 24.3 Å².